The molecule has 1 rings (SSSR count). The van der Waals surface area contributed by atoms with Gasteiger partial charge in [0.25, 0.3) is 0 Å². The van der Waals surface area contributed by atoms with Crippen molar-refractivity contribution in [2.45, 2.75) is 0 Å². The average molecular weight is 120 g/mol. The number of hydrogen-bond acceptors (Lipinski definition) is 2. The lowest BCUT2D eigenvalue weighted by molar-refractivity contribution is -0.115. The Balaban J connectivity index is 2.74. The number of carbonyl (C=O) groups is 1. The summed E-state index contributed by atoms with van der Waals surface area (Å²) in [5.74, 6) is -0.170. The van der Waals surface area contributed by atoms with Gasteiger partial charge in [-0.15, -0.1) is 0 Å². The second-order valence-corrected chi connectivity index (χ2v) is 1.55. The molecule has 0 bridgehead atoms. The van der Waals surface area contributed by atoms with E-state index in [1.54, 1.807) is 12.1 Å². The third kappa shape index (κ3) is 1.16. The van der Waals surface area contributed by atoms with Gasteiger partial charge in [-0.1, -0.05) is 0 Å². The lowest BCUT2D eigenvalue weighted by atomic mass is 10.4. The fourth-order valence-electron chi connectivity index (χ4n) is 0.545. The van der Waals surface area contributed by atoms with Gasteiger partial charge in [0.2, 0.25) is 5.91 Å². The van der Waals surface area contributed by atoms with Crippen LogP contribution in [-0.4, -0.2) is 5.91 Å². The molecule has 0 unspecified atom stereocenters. The van der Waals surface area contributed by atoms with E-state index in [0.717, 1.165) is 0 Å². The molecule has 1 aliphatic rings. The van der Waals surface area contributed by atoms with Gasteiger partial charge < -0.3 is 5.32 Å². The number of nitrogens with zero attached hydrogens (tertiary/aromatic N) is 1. The zero-order valence-electron chi connectivity index (χ0n) is 4.59. The zero-order valence-corrected chi connectivity index (χ0v) is 4.59. The first kappa shape index (κ1) is 5.57. The second kappa shape index (κ2) is 2.14. The second-order valence-electron chi connectivity index (χ2n) is 1.55. The van der Waals surface area contributed by atoms with Gasteiger partial charge in [-0.25, -0.2) is 0 Å². The van der Waals surface area contributed by atoms with Crippen molar-refractivity contribution in [3.05, 3.63) is 23.9 Å². The van der Waals surface area contributed by atoms with Crippen LogP contribution < -0.4 is 5.32 Å². The molecule has 1 aliphatic heterocycles. The first-order chi connectivity index (χ1) is 4.33. The normalized spacial score (nSPS) is 19.9. The van der Waals surface area contributed by atoms with E-state index >= 15 is 0 Å². The maximum atomic E-state index is 10.4. The van der Waals surface area contributed by atoms with Crippen LogP contribution in [0.2, 0.25) is 0 Å². The number of carbonyl (C=O) groups excluding carboxylic acids is 1. The van der Waals surface area contributed by atoms with Gasteiger partial charge in [0.1, 0.15) is 0 Å². The number of hydrogen-bond donors (Lipinski definition) is 1. The van der Waals surface area contributed by atoms with Crippen LogP contribution in [0, 0.1) is 11.3 Å². The molecule has 0 atom stereocenters. The van der Waals surface area contributed by atoms with Crippen molar-refractivity contribution in [1.82, 2.24) is 5.32 Å². The summed E-state index contributed by atoms with van der Waals surface area (Å²) < 4.78 is 0. The molecule has 0 fully saturated rings. The van der Waals surface area contributed by atoms with E-state index < -0.39 is 0 Å². The van der Waals surface area contributed by atoms with E-state index in [2.05, 4.69) is 5.32 Å². The standard InChI is InChI=1S/C6H4N2O/c7-4-3-5-1-2-6(9)8-5/h1-3H,(H,8,9). The monoisotopic (exact) mass is 120 g/mol. The molecule has 0 spiro atoms. The summed E-state index contributed by atoms with van der Waals surface area (Å²) in [5, 5.41) is 10.5. The SMILES string of the molecule is N#CC=C1C=CC(=O)N1. The predicted octanol–water partition coefficient (Wildman–Crippen LogP) is 0.0799. The molecule has 3 nitrogen and oxygen atoms in total. The molecule has 0 saturated heterocycles. The molecule has 1 heterocycles. The molecule has 3 heteroatoms. The number of nitriles is 1. The quantitative estimate of drug-likeness (QED) is 0.460. The maximum absolute atomic E-state index is 10.4. The van der Waals surface area contributed by atoms with Crippen LogP contribution in [0.1, 0.15) is 0 Å². The van der Waals surface area contributed by atoms with Crippen LogP contribution in [0.5, 0.6) is 0 Å². The molecular formula is C6H4N2O. The molecule has 0 aromatic carbocycles. The van der Waals surface area contributed by atoms with Crippen molar-refractivity contribution in [2.75, 3.05) is 0 Å². The van der Waals surface area contributed by atoms with Gasteiger partial charge >= 0.3 is 0 Å². The van der Waals surface area contributed by atoms with E-state index in [1.165, 1.54) is 12.2 Å². The summed E-state index contributed by atoms with van der Waals surface area (Å²) in [6, 6.07) is 1.80. The van der Waals surface area contributed by atoms with Crippen LogP contribution in [0.3, 0.4) is 0 Å². The summed E-state index contributed by atoms with van der Waals surface area (Å²) in [4.78, 5) is 10.4. The first-order valence-electron chi connectivity index (χ1n) is 2.42. The minimum absolute atomic E-state index is 0.170. The Morgan fingerprint density at radius 2 is 2.44 bits per heavy atom. The van der Waals surface area contributed by atoms with Crippen LogP contribution in [0.25, 0.3) is 0 Å². The lowest BCUT2D eigenvalue weighted by Gasteiger charge is -1.88. The fraction of sp³-hybridized carbons (Fsp3) is 0. The van der Waals surface area contributed by atoms with Crippen LogP contribution >= 0.6 is 0 Å². The minimum Gasteiger partial charge on any atom is -0.322 e. The topological polar surface area (TPSA) is 52.9 Å². The van der Waals surface area contributed by atoms with E-state index in [1.807, 2.05) is 0 Å². The Kier molecular flexibility index (Phi) is 1.32. The highest BCUT2D eigenvalue weighted by Gasteiger charge is 2.04. The van der Waals surface area contributed by atoms with Crippen molar-refractivity contribution in [1.29, 1.82) is 5.26 Å². The van der Waals surface area contributed by atoms with Gasteiger partial charge in [0.05, 0.1) is 11.8 Å². The Bertz CT molecular complexity index is 232. The Labute approximate surface area is 52.3 Å². The van der Waals surface area contributed by atoms with Crippen molar-refractivity contribution in [3.8, 4) is 6.07 Å². The molecule has 0 radical (unpaired) electrons. The van der Waals surface area contributed by atoms with Crippen LogP contribution in [0.4, 0.5) is 0 Å². The summed E-state index contributed by atoms with van der Waals surface area (Å²) in [5.41, 5.74) is 0.558. The molecule has 0 aromatic heterocycles. The molecule has 1 N–H and O–H groups in total. The number of amides is 1. The summed E-state index contributed by atoms with van der Waals surface area (Å²) in [7, 11) is 0. The average Bonchev–Trinajstić information content (AvgIpc) is 2.17. The van der Waals surface area contributed by atoms with Gasteiger partial charge in [0, 0.05) is 12.2 Å². The largest absolute Gasteiger partial charge is 0.322 e. The molecule has 1 amide bonds. The summed E-state index contributed by atoms with van der Waals surface area (Å²) in [6.07, 6.45) is 4.22. The molecule has 0 aliphatic carbocycles. The number of nitrogens with one attached hydrogen (secondary N) is 1. The summed E-state index contributed by atoms with van der Waals surface area (Å²) >= 11 is 0. The Hall–Kier alpha value is -1.56. The first-order valence-corrected chi connectivity index (χ1v) is 2.42. The van der Waals surface area contributed by atoms with Gasteiger partial charge in [-0.3, -0.25) is 4.79 Å². The highest BCUT2D eigenvalue weighted by atomic mass is 16.1. The molecule has 9 heavy (non-hydrogen) atoms. The predicted molar refractivity (Wildman–Crippen MR) is 31.0 cm³/mol. The lowest BCUT2D eigenvalue weighted by Crippen LogP contribution is -2.12. The van der Waals surface area contributed by atoms with Crippen molar-refractivity contribution >= 4 is 5.91 Å². The van der Waals surface area contributed by atoms with Crippen molar-refractivity contribution < 1.29 is 4.79 Å². The zero-order chi connectivity index (χ0) is 6.69. The minimum atomic E-state index is -0.170. The number of allylic oxidation sites excluding steroid dienone is 2. The van der Waals surface area contributed by atoms with Crippen molar-refractivity contribution in [2.24, 2.45) is 0 Å². The highest BCUT2D eigenvalue weighted by Crippen LogP contribution is 1.97. The molecule has 0 aromatic rings. The molecular weight excluding hydrogens is 116 g/mol. The Morgan fingerprint density at radius 1 is 1.67 bits per heavy atom. The van der Waals surface area contributed by atoms with E-state index in [4.69, 9.17) is 5.26 Å². The van der Waals surface area contributed by atoms with Gasteiger partial charge in [-0.2, -0.15) is 5.26 Å². The van der Waals surface area contributed by atoms with Crippen molar-refractivity contribution in [3.63, 3.8) is 0 Å². The molecule has 0 saturated carbocycles. The third-order valence-electron chi connectivity index (χ3n) is 0.902. The fourth-order valence-corrected chi connectivity index (χ4v) is 0.545. The van der Waals surface area contributed by atoms with Crippen LogP contribution in [0.15, 0.2) is 23.9 Å². The summed E-state index contributed by atoms with van der Waals surface area (Å²) in [6.45, 7) is 0. The number of rotatable bonds is 0. The smallest absolute Gasteiger partial charge is 0.248 e. The van der Waals surface area contributed by atoms with Gasteiger partial charge in [0.15, 0.2) is 0 Å². The van der Waals surface area contributed by atoms with E-state index in [0.29, 0.717) is 5.70 Å². The van der Waals surface area contributed by atoms with Gasteiger partial charge in [-0.05, 0) is 6.08 Å². The van der Waals surface area contributed by atoms with Crippen LogP contribution in [-0.2, 0) is 4.79 Å². The van der Waals surface area contributed by atoms with E-state index in [9.17, 15) is 4.79 Å². The highest BCUT2D eigenvalue weighted by molar-refractivity contribution is 5.93. The Morgan fingerprint density at radius 3 is 2.89 bits per heavy atom. The molecule has 44 valence electrons. The van der Waals surface area contributed by atoms with E-state index in [-0.39, 0.29) is 5.91 Å². The third-order valence-corrected chi connectivity index (χ3v) is 0.902. The maximum Gasteiger partial charge on any atom is 0.248 e.